The highest BCUT2D eigenvalue weighted by atomic mass is 16.3. The molecule has 0 aliphatic rings. The number of rotatable bonds is 5. The number of amides is 1. The lowest BCUT2D eigenvalue weighted by atomic mass is 9.86. The molecule has 0 spiro atoms. The van der Waals surface area contributed by atoms with E-state index in [1.54, 1.807) is 0 Å². The Kier molecular flexibility index (Phi) is 5.55. The summed E-state index contributed by atoms with van der Waals surface area (Å²) in [5, 5.41) is 11.6. The Bertz CT molecular complexity index is 404. The van der Waals surface area contributed by atoms with Crippen LogP contribution in [-0.2, 0) is 10.2 Å². The molecule has 1 aromatic rings. The standard InChI is InChI=1S/C16H25NO2/c1-12(17-15(19)6-5-11-18)13-7-9-14(10-8-13)16(2,3)4/h7-10,12,18H,5-6,11H2,1-4H3,(H,17,19). The zero-order valence-corrected chi connectivity index (χ0v) is 12.4. The minimum absolute atomic E-state index is 0.000196. The van der Waals surface area contributed by atoms with Gasteiger partial charge < -0.3 is 10.4 Å². The molecule has 1 rings (SSSR count). The summed E-state index contributed by atoms with van der Waals surface area (Å²) in [4.78, 5) is 11.6. The van der Waals surface area contributed by atoms with Gasteiger partial charge in [0.1, 0.15) is 0 Å². The van der Waals surface area contributed by atoms with Crippen LogP contribution in [-0.4, -0.2) is 17.6 Å². The largest absolute Gasteiger partial charge is 0.396 e. The van der Waals surface area contributed by atoms with E-state index in [0.29, 0.717) is 12.8 Å². The van der Waals surface area contributed by atoms with Crippen molar-refractivity contribution in [1.29, 1.82) is 0 Å². The first-order chi connectivity index (χ1) is 8.84. The lowest BCUT2D eigenvalue weighted by molar-refractivity contribution is -0.122. The molecule has 3 heteroatoms. The molecule has 0 fully saturated rings. The minimum atomic E-state index is -0.0125. The van der Waals surface area contributed by atoms with Crippen LogP contribution in [0, 0.1) is 0 Å². The van der Waals surface area contributed by atoms with E-state index in [1.165, 1.54) is 5.56 Å². The van der Waals surface area contributed by atoms with Gasteiger partial charge in [-0.05, 0) is 29.9 Å². The Morgan fingerprint density at radius 1 is 1.26 bits per heavy atom. The Balaban J connectivity index is 2.63. The van der Waals surface area contributed by atoms with Gasteiger partial charge in [0.2, 0.25) is 5.91 Å². The van der Waals surface area contributed by atoms with Gasteiger partial charge in [0.05, 0.1) is 6.04 Å². The average Bonchev–Trinajstić information content (AvgIpc) is 2.35. The lowest BCUT2D eigenvalue weighted by Gasteiger charge is -2.20. The van der Waals surface area contributed by atoms with E-state index in [9.17, 15) is 4.79 Å². The zero-order valence-electron chi connectivity index (χ0n) is 12.4. The van der Waals surface area contributed by atoms with Crippen molar-refractivity contribution in [2.45, 2.75) is 52.0 Å². The summed E-state index contributed by atoms with van der Waals surface area (Å²) in [5.74, 6) is -0.0125. The molecule has 0 heterocycles. The number of nitrogens with one attached hydrogen (secondary N) is 1. The van der Waals surface area contributed by atoms with Gasteiger partial charge in [-0.3, -0.25) is 4.79 Å². The number of carbonyl (C=O) groups is 1. The third-order valence-corrected chi connectivity index (χ3v) is 3.22. The number of hydrogen-bond donors (Lipinski definition) is 2. The number of hydrogen-bond acceptors (Lipinski definition) is 2. The normalized spacial score (nSPS) is 13.1. The molecule has 0 saturated carbocycles. The zero-order chi connectivity index (χ0) is 14.5. The smallest absolute Gasteiger partial charge is 0.220 e. The first-order valence-corrected chi connectivity index (χ1v) is 6.85. The van der Waals surface area contributed by atoms with Crippen LogP contribution in [0.3, 0.4) is 0 Å². The van der Waals surface area contributed by atoms with E-state index in [4.69, 9.17) is 5.11 Å². The molecule has 0 aromatic heterocycles. The highest BCUT2D eigenvalue weighted by molar-refractivity contribution is 5.76. The highest BCUT2D eigenvalue weighted by Crippen LogP contribution is 2.23. The van der Waals surface area contributed by atoms with Crippen LogP contribution >= 0.6 is 0 Å². The van der Waals surface area contributed by atoms with Gasteiger partial charge in [0.15, 0.2) is 0 Å². The number of benzene rings is 1. The summed E-state index contributed by atoms with van der Waals surface area (Å²) in [6.45, 7) is 8.58. The molecule has 1 atom stereocenters. The van der Waals surface area contributed by atoms with Gasteiger partial charge in [-0.25, -0.2) is 0 Å². The van der Waals surface area contributed by atoms with Crippen molar-refractivity contribution in [2.24, 2.45) is 0 Å². The van der Waals surface area contributed by atoms with Crippen LogP contribution in [0.25, 0.3) is 0 Å². The van der Waals surface area contributed by atoms with E-state index >= 15 is 0 Å². The molecule has 0 bridgehead atoms. The van der Waals surface area contributed by atoms with Gasteiger partial charge in [0.25, 0.3) is 0 Å². The molecule has 2 N–H and O–H groups in total. The Hall–Kier alpha value is -1.35. The quantitative estimate of drug-likeness (QED) is 0.858. The molecule has 19 heavy (non-hydrogen) atoms. The predicted octanol–water partition coefficient (Wildman–Crippen LogP) is 2.93. The third kappa shape index (κ3) is 5.03. The molecule has 3 nitrogen and oxygen atoms in total. The van der Waals surface area contributed by atoms with Crippen LogP contribution < -0.4 is 5.32 Å². The van der Waals surface area contributed by atoms with E-state index in [1.807, 2.05) is 6.92 Å². The molecule has 0 radical (unpaired) electrons. The molecule has 0 aliphatic heterocycles. The van der Waals surface area contributed by atoms with Gasteiger partial charge >= 0.3 is 0 Å². The van der Waals surface area contributed by atoms with E-state index in [0.717, 1.165) is 5.56 Å². The van der Waals surface area contributed by atoms with Crippen LogP contribution in [0.1, 0.15) is 57.7 Å². The first-order valence-electron chi connectivity index (χ1n) is 6.85. The van der Waals surface area contributed by atoms with Crippen molar-refractivity contribution >= 4 is 5.91 Å². The second kappa shape index (κ2) is 6.71. The van der Waals surface area contributed by atoms with E-state index in [2.05, 4.69) is 50.4 Å². The summed E-state index contributed by atoms with van der Waals surface area (Å²) in [6, 6.07) is 8.37. The summed E-state index contributed by atoms with van der Waals surface area (Å²) >= 11 is 0. The average molecular weight is 263 g/mol. The predicted molar refractivity (Wildman–Crippen MR) is 78.0 cm³/mol. The molecule has 1 unspecified atom stereocenters. The molecule has 1 aromatic carbocycles. The number of aliphatic hydroxyl groups excluding tert-OH is 1. The van der Waals surface area contributed by atoms with Gasteiger partial charge in [0, 0.05) is 13.0 Å². The minimum Gasteiger partial charge on any atom is -0.396 e. The maximum absolute atomic E-state index is 11.6. The van der Waals surface area contributed by atoms with Crippen molar-refractivity contribution in [3.63, 3.8) is 0 Å². The third-order valence-electron chi connectivity index (χ3n) is 3.22. The van der Waals surface area contributed by atoms with Crippen molar-refractivity contribution in [1.82, 2.24) is 5.32 Å². The van der Waals surface area contributed by atoms with Crippen LogP contribution in [0.5, 0.6) is 0 Å². The maximum Gasteiger partial charge on any atom is 0.220 e. The molecule has 1 amide bonds. The SMILES string of the molecule is CC(NC(=O)CCCO)c1ccc(C(C)(C)C)cc1. The lowest BCUT2D eigenvalue weighted by Crippen LogP contribution is -2.26. The van der Waals surface area contributed by atoms with E-state index < -0.39 is 0 Å². The summed E-state index contributed by atoms with van der Waals surface area (Å²) in [6.07, 6.45) is 0.891. The topological polar surface area (TPSA) is 49.3 Å². The van der Waals surface area contributed by atoms with Crippen molar-refractivity contribution < 1.29 is 9.90 Å². The van der Waals surface area contributed by atoms with Crippen molar-refractivity contribution in [2.75, 3.05) is 6.61 Å². The fourth-order valence-electron chi connectivity index (χ4n) is 1.91. The van der Waals surface area contributed by atoms with Crippen LogP contribution in [0.2, 0.25) is 0 Å². The summed E-state index contributed by atoms with van der Waals surface area (Å²) in [7, 11) is 0. The van der Waals surface area contributed by atoms with Gasteiger partial charge in [-0.1, -0.05) is 45.0 Å². The molecule has 106 valence electrons. The Labute approximate surface area is 116 Å². The highest BCUT2D eigenvalue weighted by Gasteiger charge is 2.14. The fraction of sp³-hybridized carbons (Fsp3) is 0.562. The summed E-state index contributed by atoms with van der Waals surface area (Å²) < 4.78 is 0. The van der Waals surface area contributed by atoms with Crippen molar-refractivity contribution in [3.05, 3.63) is 35.4 Å². The molecule has 0 saturated heterocycles. The van der Waals surface area contributed by atoms with E-state index in [-0.39, 0.29) is 24.0 Å². The monoisotopic (exact) mass is 263 g/mol. The molecule has 0 aliphatic carbocycles. The number of carbonyl (C=O) groups excluding carboxylic acids is 1. The van der Waals surface area contributed by atoms with Gasteiger partial charge in [-0.2, -0.15) is 0 Å². The molecular weight excluding hydrogens is 238 g/mol. The van der Waals surface area contributed by atoms with Crippen molar-refractivity contribution in [3.8, 4) is 0 Å². The second-order valence-electron chi connectivity index (χ2n) is 5.99. The first kappa shape index (κ1) is 15.7. The Morgan fingerprint density at radius 3 is 2.32 bits per heavy atom. The Morgan fingerprint density at radius 2 is 1.84 bits per heavy atom. The molecular formula is C16H25NO2. The summed E-state index contributed by atoms with van der Waals surface area (Å²) in [5.41, 5.74) is 2.53. The van der Waals surface area contributed by atoms with Crippen LogP contribution in [0.15, 0.2) is 24.3 Å². The maximum atomic E-state index is 11.6. The second-order valence-corrected chi connectivity index (χ2v) is 5.99. The van der Waals surface area contributed by atoms with Crippen LogP contribution in [0.4, 0.5) is 0 Å². The number of aliphatic hydroxyl groups is 1. The van der Waals surface area contributed by atoms with Gasteiger partial charge in [-0.15, -0.1) is 0 Å². The fourth-order valence-corrected chi connectivity index (χ4v) is 1.91.